The van der Waals surface area contributed by atoms with Crippen molar-refractivity contribution in [2.75, 3.05) is 13.1 Å². The molecule has 6 nitrogen and oxygen atoms in total. The number of carboxylic acids is 2. The summed E-state index contributed by atoms with van der Waals surface area (Å²) in [5.41, 5.74) is 0.813. The lowest BCUT2D eigenvalue weighted by atomic mass is 9.97. The van der Waals surface area contributed by atoms with E-state index in [4.69, 9.17) is 10.2 Å². The number of carboxylic acid groups (broad SMARTS) is 2. The van der Waals surface area contributed by atoms with Crippen LogP contribution in [0.2, 0.25) is 0 Å². The molecule has 1 aliphatic rings. The molecule has 0 aliphatic carbocycles. The largest absolute Gasteiger partial charge is 0.481 e. The van der Waals surface area contributed by atoms with Crippen LogP contribution in [0, 0.1) is 11.8 Å². The van der Waals surface area contributed by atoms with Crippen molar-refractivity contribution >= 4 is 11.9 Å². The molecule has 0 radical (unpaired) electrons. The summed E-state index contributed by atoms with van der Waals surface area (Å²) < 4.78 is 0. The van der Waals surface area contributed by atoms with Gasteiger partial charge in [0.2, 0.25) is 0 Å². The standard InChI is InChI=1S/C12H14N2O4/c15-11(16)9-6-14(7-10(9)12(17)18)5-8-3-1-2-4-13-8/h1-4,9-10H,5-7H2,(H,15,16)(H,17,18)/t9-,10-/m0/s1. The van der Waals surface area contributed by atoms with Gasteiger partial charge in [-0.15, -0.1) is 0 Å². The third-order valence-corrected chi connectivity index (χ3v) is 3.14. The molecule has 96 valence electrons. The van der Waals surface area contributed by atoms with Gasteiger partial charge in [-0.3, -0.25) is 19.5 Å². The van der Waals surface area contributed by atoms with Gasteiger partial charge in [0, 0.05) is 25.8 Å². The maximum Gasteiger partial charge on any atom is 0.308 e. The lowest BCUT2D eigenvalue weighted by Gasteiger charge is -2.13. The Morgan fingerprint density at radius 2 is 1.83 bits per heavy atom. The van der Waals surface area contributed by atoms with Crippen LogP contribution >= 0.6 is 0 Å². The molecule has 1 saturated heterocycles. The quantitative estimate of drug-likeness (QED) is 0.798. The average Bonchev–Trinajstić information content (AvgIpc) is 2.74. The molecule has 0 bridgehead atoms. The molecule has 18 heavy (non-hydrogen) atoms. The number of hydrogen-bond donors (Lipinski definition) is 2. The van der Waals surface area contributed by atoms with Gasteiger partial charge in [0.25, 0.3) is 0 Å². The second kappa shape index (κ2) is 5.14. The van der Waals surface area contributed by atoms with E-state index in [0.29, 0.717) is 6.54 Å². The number of nitrogens with zero attached hydrogens (tertiary/aromatic N) is 2. The van der Waals surface area contributed by atoms with Crippen LogP contribution in [0.5, 0.6) is 0 Å². The van der Waals surface area contributed by atoms with Crippen LogP contribution in [0.3, 0.4) is 0 Å². The van der Waals surface area contributed by atoms with Gasteiger partial charge in [0.15, 0.2) is 0 Å². The Hall–Kier alpha value is -1.95. The van der Waals surface area contributed by atoms with Crippen molar-refractivity contribution in [3.8, 4) is 0 Å². The second-order valence-electron chi connectivity index (χ2n) is 4.40. The van der Waals surface area contributed by atoms with Gasteiger partial charge >= 0.3 is 11.9 Å². The molecule has 2 atom stereocenters. The van der Waals surface area contributed by atoms with Crippen LogP contribution in [0.1, 0.15) is 5.69 Å². The Morgan fingerprint density at radius 3 is 2.28 bits per heavy atom. The molecule has 1 fully saturated rings. The van der Waals surface area contributed by atoms with E-state index in [1.165, 1.54) is 0 Å². The highest BCUT2D eigenvalue weighted by atomic mass is 16.4. The zero-order valence-corrected chi connectivity index (χ0v) is 9.69. The molecule has 0 unspecified atom stereocenters. The average molecular weight is 250 g/mol. The Balaban J connectivity index is 2.05. The highest BCUT2D eigenvalue weighted by Gasteiger charge is 2.41. The molecule has 6 heteroatoms. The minimum absolute atomic E-state index is 0.253. The van der Waals surface area contributed by atoms with Crippen molar-refractivity contribution in [3.63, 3.8) is 0 Å². The molecule has 0 saturated carbocycles. The van der Waals surface area contributed by atoms with Crippen LogP contribution in [0.15, 0.2) is 24.4 Å². The first kappa shape index (κ1) is 12.5. The Morgan fingerprint density at radius 1 is 1.22 bits per heavy atom. The fourth-order valence-electron chi connectivity index (χ4n) is 2.24. The van der Waals surface area contributed by atoms with Gasteiger partial charge in [-0.25, -0.2) is 0 Å². The van der Waals surface area contributed by atoms with Crippen molar-refractivity contribution in [1.29, 1.82) is 0 Å². The maximum atomic E-state index is 11.0. The van der Waals surface area contributed by atoms with Crippen LogP contribution in [0.25, 0.3) is 0 Å². The van der Waals surface area contributed by atoms with E-state index < -0.39 is 23.8 Å². The lowest BCUT2D eigenvalue weighted by Crippen LogP contribution is -2.28. The van der Waals surface area contributed by atoms with Crippen molar-refractivity contribution in [1.82, 2.24) is 9.88 Å². The zero-order chi connectivity index (χ0) is 13.1. The monoisotopic (exact) mass is 250 g/mol. The van der Waals surface area contributed by atoms with Crippen LogP contribution < -0.4 is 0 Å². The van der Waals surface area contributed by atoms with E-state index in [9.17, 15) is 9.59 Å². The Kier molecular flexibility index (Phi) is 3.57. The zero-order valence-electron chi connectivity index (χ0n) is 9.69. The third kappa shape index (κ3) is 2.65. The summed E-state index contributed by atoms with van der Waals surface area (Å²) >= 11 is 0. The van der Waals surface area contributed by atoms with Gasteiger partial charge in [0.05, 0.1) is 17.5 Å². The molecular formula is C12H14N2O4. The summed E-state index contributed by atoms with van der Waals surface area (Å²) in [6, 6.07) is 5.49. The first-order valence-corrected chi connectivity index (χ1v) is 5.66. The number of pyridine rings is 1. The fraction of sp³-hybridized carbons (Fsp3) is 0.417. The van der Waals surface area contributed by atoms with E-state index in [-0.39, 0.29) is 13.1 Å². The molecular weight excluding hydrogens is 236 g/mol. The summed E-state index contributed by atoms with van der Waals surface area (Å²) in [5.74, 6) is -3.78. The predicted molar refractivity (Wildman–Crippen MR) is 61.8 cm³/mol. The van der Waals surface area contributed by atoms with E-state index >= 15 is 0 Å². The normalized spacial score (nSPS) is 24.0. The minimum Gasteiger partial charge on any atom is -0.481 e. The van der Waals surface area contributed by atoms with Gasteiger partial charge in [-0.05, 0) is 12.1 Å². The molecule has 0 amide bonds. The number of rotatable bonds is 4. The van der Waals surface area contributed by atoms with E-state index in [1.54, 1.807) is 12.3 Å². The second-order valence-corrected chi connectivity index (χ2v) is 4.40. The number of aromatic nitrogens is 1. The maximum absolute atomic E-state index is 11.0. The Bertz CT molecular complexity index is 427. The predicted octanol–water partition coefficient (Wildman–Crippen LogP) is 0.299. The van der Waals surface area contributed by atoms with E-state index in [2.05, 4.69) is 4.98 Å². The summed E-state index contributed by atoms with van der Waals surface area (Å²) in [5, 5.41) is 18.0. The third-order valence-electron chi connectivity index (χ3n) is 3.14. The SMILES string of the molecule is O=C(O)[C@H]1CN(Cc2ccccn2)C[C@@H]1C(=O)O. The number of hydrogen-bond acceptors (Lipinski definition) is 4. The van der Waals surface area contributed by atoms with Crippen molar-refractivity contribution < 1.29 is 19.8 Å². The molecule has 0 spiro atoms. The topological polar surface area (TPSA) is 90.7 Å². The molecule has 2 rings (SSSR count). The number of likely N-dealkylation sites (tertiary alicyclic amines) is 1. The van der Waals surface area contributed by atoms with Gasteiger partial charge < -0.3 is 10.2 Å². The Labute approximate surface area is 104 Å². The molecule has 1 aromatic heterocycles. The molecule has 2 N–H and O–H groups in total. The fourth-order valence-corrected chi connectivity index (χ4v) is 2.24. The van der Waals surface area contributed by atoms with Crippen LogP contribution in [-0.2, 0) is 16.1 Å². The van der Waals surface area contributed by atoms with Crippen molar-refractivity contribution in [2.45, 2.75) is 6.54 Å². The van der Waals surface area contributed by atoms with Gasteiger partial charge in [-0.2, -0.15) is 0 Å². The smallest absolute Gasteiger partial charge is 0.308 e. The summed E-state index contributed by atoms with van der Waals surface area (Å²) in [6.07, 6.45) is 1.66. The lowest BCUT2D eigenvalue weighted by molar-refractivity contribution is -0.151. The number of carbonyl (C=O) groups is 2. The molecule has 1 aromatic rings. The van der Waals surface area contributed by atoms with E-state index in [1.807, 2.05) is 17.0 Å². The molecule has 1 aliphatic heterocycles. The van der Waals surface area contributed by atoms with Gasteiger partial charge in [-0.1, -0.05) is 6.07 Å². The van der Waals surface area contributed by atoms with Crippen molar-refractivity contribution in [3.05, 3.63) is 30.1 Å². The first-order chi connectivity index (χ1) is 8.58. The molecule has 0 aromatic carbocycles. The highest BCUT2D eigenvalue weighted by Crippen LogP contribution is 2.25. The van der Waals surface area contributed by atoms with Crippen molar-refractivity contribution in [2.24, 2.45) is 11.8 Å². The van der Waals surface area contributed by atoms with E-state index in [0.717, 1.165) is 5.69 Å². The summed E-state index contributed by atoms with van der Waals surface area (Å²) in [6.45, 7) is 0.986. The number of aliphatic carboxylic acids is 2. The molecule has 2 heterocycles. The summed E-state index contributed by atoms with van der Waals surface area (Å²) in [7, 11) is 0. The minimum atomic E-state index is -1.05. The van der Waals surface area contributed by atoms with Gasteiger partial charge in [0.1, 0.15) is 0 Å². The highest BCUT2D eigenvalue weighted by molar-refractivity contribution is 5.81. The summed E-state index contributed by atoms with van der Waals surface area (Å²) in [4.78, 5) is 28.0. The first-order valence-electron chi connectivity index (χ1n) is 5.66. The van der Waals surface area contributed by atoms with Crippen LogP contribution in [-0.4, -0.2) is 45.1 Å². The van der Waals surface area contributed by atoms with Crippen LogP contribution in [0.4, 0.5) is 0 Å².